The van der Waals surface area contributed by atoms with E-state index in [0.29, 0.717) is 18.3 Å². The second-order valence-corrected chi connectivity index (χ2v) is 8.21. The summed E-state index contributed by atoms with van der Waals surface area (Å²) in [5.74, 6) is 2.05. The molecule has 1 aliphatic carbocycles. The molecule has 2 aliphatic rings. The van der Waals surface area contributed by atoms with E-state index in [1.165, 1.54) is 0 Å². The zero-order chi connectivity index (χ0) is 21.1. The van der Waals surface area contributed by atoms with Gasteiger partial charge in [-0.3, -0.25) is 4.90 Å². The van der Waals surface area contributed by atoms with Crippen molar-refractivity contribution in [1.82, 2.24) is 20.2 Å². The zero-order valence-electron chi connectivity index (χ0n) is 17.1. The first-order valence-electron chi connectivity index (χ1n) is 10.6. The summed E-state index contributed by atoms with van der Waals surface area (Å²) in [4.78, 5) is 22.9. The van der Waals surface area contributed by atoms with E-state index in [0.717, 1.165) is 49.2 Å². The van der Waals surface area contributed by atoms with Crippen LogP contribution in [0.4, 0.5) is 16.4 Å². The molecule has 3 aromatic heterocycles. The van der Waals surface area contributed by atoms with E-state index in [-0.39, 0.29) is 11.7 Å². The number of nitrogens with one attached hydrogen (secondary N) is 1. The first-order chi connectivity index (χ1) is 15.2. The molecule has 3 aromatic rings. The van der Waals surface area contributed by atoms with Crippen molar-refractivity contribution in [1.29, 1.82) is 0 Å². The molecule has 1 saturated heterocycles. The van der Waals surface area contributed by atoms with Crippen molar-refractivity contribution >= 4 is 17.7 Å². The number of amides is 1. The summed E-state index contributed by atoms with van der Waals surface area (Å²) in [6.45, 7) is 1.44. The molecule has 0 bridgehead atoms. The minimum atomic E-state index is -0.385. The molecule has 8 nitrogen and oxygen atoms in total. The number of aromatic nitrogens is 4. The Bertz CT molecular complexity index is 1020. The highest BCUT2D eigenvalue weighted by molar-refractivity contribution is 5.89. The van der Waals surface area contributed by atoms with Crippen LogP contribution in [0.5, 0.6) is 0 Å². The molecule has 8 heteroatoms. The Morgan fingerprint density at radius 3 is 2.58 bits per heavy atom. The SMILES string of the molecule is O=C1O[C@]2(CC[C@H](CNc3ccc(-c4ccnnc4)cn3)CC2)CN1c1ccccn1. The molecule has 0 unspecified atom stereocenters. The first kappa shape index (κ1) is 19.4. The van der Waals surface area contributed by atoms with Crippen LogP contribution >= 0.6 is 0 Å². The number of carbonyl (C=O) groups is 1. The van der Waals surface area contributed by atoms with Crippen molar-refractivity contribution in [3.63, 3.8) is 0 Å². The van der Waals surface area contributed by atoms with E-state index in [9.17, 15) is 4.79 Å². The Balaban J connectivity index is 1.14. The molecule has 5 rings (SSSR count). The van der Waals surface area contributed by atoms with E-state index in [2.05, 4.69) is 25.5 Å². The zero-order valence-corrected chi connectivity index (χ0v) is 17.1. The van der Waals surface area contributed by atoms with E-state index in [1.54, 1.807) is 23.5 Å². The van der Waals surface area contributed by atoms with Gasteiger partial charge < -0.3 is 10.1 Å². The molecule has 2 fully saturated rings. The minimum Gasteiger partial charge on any atom is -0.441 e. The Morgan fingerprint density at radius 2 is 1.87 bits per heavy atom. The smallest absolute Gasteiger partial charge is 0.416 e. The van der Waals surface area contributed by atoms with Gasteiger partial charge in [-0.2, -0.15) is 10.2 Å². The van der Waals surface area contributed by atoms with Gasteiger partial charge >= 0.3 is 6.09 Å². The lowest BCUT2D eigenvalue weighted by Crippen LogP contribution is -2.39. The average Bonchev–Trinajstić information content (AvgIpc) is 3.16. The first-order valence-corrected chi connectivity index (χ1v) is 10.6. The number of anilines is 2. The van der Waals surface area contributed by atoms with Crippen molar-refractivity contribution in [2.24, 2.45) is 5.92 Å². The lowest BCUT2D eigenvalue weighted by Gasteiger charge is -2.35. The van der Waals surface area contributed by atoms with Crippen LogP contribution in [0.3, 0.4) is 0 Å². The number of carbonyl (C=O) groups excluding carboxylic acids is 1. The Morgan fingerprint density at radius 1 is 1.00 bits per heavy atom. The van der Waals surface area contributed by atoms with Gasteiger partial charge in [-0.05, 0) is 61.9 Å². The summed E-state index contributed by atoms with van der Waals surface area (Å²) in [6, 6.07) is 11.5. The average molecular weight is 416 g/mol. The van der Waals surface area contributed by atoms with Crippen molar-refractivity contribution in [2.45, 2.75) is 31.3 Å². The molecular formula is C23H24N6O2. The number of ether oxygens (including phenoxy) is 1. The van der Waals surface area contributed by atoms with Gasteiger partial charge in [-0.15, -0.1) is 0 Å². The van der Waals surface area contributed by atoms with Crippen LogP contribution < -0.4 is 10.2 Å². The minimum absolute atomic E-state index is 0.288. The van der Waals surface area contributed by atoms with Gasteiger partial charge in [0.05, 0.1) is 18.9 Å². The monoisotopic (exact) mass is 416 g/mol. The summed E-state index contributed by atoms with van der Waals surface area (Å²) in [5, 5.41) is 11.2. The molecule has 1 aliphatic heterocycles. The van der Waals surface area contributed by atoms with Crippen molar-refractivity contribution in [2.75, 3.05) is 23.3 Å². The highest BCUT2D eigenvalue weighted by Crippen LogP contribution is 2.40. The fourth-order valence-corrected chi connectivity index (χ4v) is 4.36. The van der Waals surface area contributed by atoms with Gasteiger partial charge in [-0.25, -0.2) is 14.8 Å². The predicted octanol–water partition coefficient (Wildman–Crippen LogP) is 3.93. The van der Waals surface area contributed by atoms with Gasteiger partial charge in [-0.1, -0.05) is 6.07 Å². The normalized spacial score (nSPS) is 23.0. The van der Waals surface area contributed by atoms with Gasteiger partial charge in [0.25, 0.3) is 0 Å². The standard InChI is InChI=1S/C23H24N6O2/c30-22-29(21-3-1-2-11-24-21)16-23(31-22)9-6-17(7-10-23)13-25-20-5-4-18(14-26-20)19-8-12-27-28-15-19/h1-5,8,11-12,14-15,17H,6-7,9-10,13,16H2,(H,25,26)/t17-,23-. The second kappa shape index (κ2) is 8.29. The Hall–Kier alpha value is -3.55. The molecule has 0 aromatic carbocycles. The third kappa shape index (κ3) is 4.19. The molecule has 158 valence electrons. The van der Waals surface area contributed by atoms with Crippen LogP contribution in [-0.2, 0) is 4.74 Å². The quantitative estimate of drug-likeness (QED) is 0.673. The van der Waals surface area contributed by atoms with Crippen LogP contribution in [0.25, 0.3) is 11.1 Å². The van der Waals surface area contributed by atoms with Crippen LogP contribution in [-0.4, -0.2) is 44.9 Å². The molecule has 0 atom stereocenters. The summed E-state index contributed by atoms with van der Waals surface area (Å²) < 4.78 is 5.83. The molecule has 1 spiro atoms. The Kier molecular flexibility index (Phi) is 5.19. The van der Waals surface area contributed by atoms with E-state index in [1.807, 2.05) is 42.6 Å². The fraction of sp³-hybridized carbons (Fsp3) is 0.348. The fourth-order valence-electron chi connectivity index (χ4n) is 4.36. The molecule has 31 heavy (non-hydrogen) atoms. The van der Waals surface area contributed by atoms with Crippen LogP contribution in [0.15, 0.2) is 61.2 Å². The van der Waals surface area contributed by atoms with E-state index >= 15 is 0 Å². The van der Waals surface area contributed by atoms with Gasteiger partial charge in [0.1, 0.15) is 17.2 Å². The number of nitrogens with zero attached hydrogens (tertiary/aromatic N) is 5. The van der Waals surface area contributed by atoms with Crippen LogP contribution in [0.1, 0.15) is 25.7 Å². The number of hydrogen-bond donors (Lipinski definition) is 1. The maximum atomic E-state index is 12.4. The maximum absolute atomic E-state index is 12.4. The third-order valence-electron chi connectivity index (χ3n) is 6.17. The number of hydrogen-bond acceptors (Lipinski definition) is 7. The Labute approximate surface area is 180 Å². The summed E-state index contributed by atoms with van der Waals surface area (Å²) in [7, 11) is 0. The van der Waals surface area contributed by atoms with Crippen molar-refractivity contribution in [3.8, 4) is 11.1 Å². The topological polar surface area (TPSA) is 93.1 Å². The highest BCUT2D eigenvalue weighted by Gasteiger charge is 2.47. The van der Waals surface area contributed by atoms with E-state index in [4.69, 9.17) is 4.74 Å². The predicted molar refractivity (Wildman–Crippen MR) is 117 cm³/mol. The number of rotatable bonds is 5. The number of pyridine rings is 2. The lowest BCUT2D eigenvalue weighted by molar-refractivity contribution is 0.0148. The van der Waals surface area contributed by atoms with Crippen LogP contribution in [0, 0.1) is 5.92 Å². The summed E-state index contributed by atoms with van der Waals surface area (Å²) >= 11 is 0. The van der Waals surface area contributed by atoms with Crippen molar-refractivity contribution < 1.29 is 9.53 Å². The molecular weight excluding hydrogens is 392 g/mol. The molecule has 1 amide bonds. The molecule has 1 N–H and O–H groups in total. The highest BCUT2D eigenvalue weighted by atomic mass is 16.6. The molecule has 4 heterocycles. The second-order valence-electron chi connectivity index (χ2n) is 8.21. The summed E-state index contributed by atoms with van der Waals surface area (Å²) in [6.07, 6.45) is 10.4. The van der Waals surface area contributed by atoms with E-state index < -0.39 is 0 Å². The summed E-state index contributed by atoms with van der Waals surface area (Å²) in [5.41, 5.74) is 1.63. The largest absolute Gasteiger partial charge is 0.441 e. The van der Waals surface area contributed by atoms with Gasteiger partial charge in [0, 0.05) is 30.1 Å². The van der Waals surface area contributed by atoms with Gasteiger partial charge in [0.2, 0.25) is 0 Å². The van der Waals surface area contributed by atoms with Crippen molar-refractivity contribution in [3.05, 3.63) is 61.2 Å². The maximum Gasteiger partial charge on any atom is 0.416 e. The third-order valence-corrected chi connectivity index (χ3v) is 6.17. The lowest BCUT2D eigenvalue weighted by atomic mass is 9.78. The van der Waals surface area contributed by atoms with Gasteiger partial charge in [0.15, 0.2) is 0 Å². The molecule has 1 saturated carbocycles. The molecule has 0 radical (unpaired) electrons. The van der Waals surface area contributed by atoms with Crippen LogP contribution in [0.2, 0.25) is 0 Å².